The highest BCUT2D eigenvalue weighted by Gasteiger charge is 2.19. The van der Waals surface area contributed by atoms with E-state index in [4.69, 9.17) is 14.2 Å². The van der Waals surface area contributed by atoms with Gasteiger partial charge >= 0.3 is 17.9 Å². The molecule has 0 aliphatic heterocycles. The Balaban J connectivity index is 4.36. The van der Waals surface area contributed by atoms with Gasteiger partial charge in [0.1, 0.15) is 13.2 Å². The first-order chi connectivity index (χ1) is 37.5. The fraction of sp³-hybridized carbons (Fsp3) is 0.814. The summed E-state index contributed by atoms with van der Waals surface area (Å²) >= 11 is 0. The van der Waals surface area contributed by atoms with Gasteiger partial charge in [0.2, 0.25) is 0 Å². The largest absolute Gasteiger partial charge is 0.462 e. The standard InChI is InChI=1S/C70H126O6/c1-4-7-10-13-16-19-22-25-28-31-33-34-35-36-38-39-42-45-48-51-54-57-60-63-69(72)75-66-67(65-74-68(71)62-59-56-53-50-47-44-41-30-27-24-21-18-15-12-9-6-3)76-70(73)64-61-58-55-52-49-46-43-40-37-32-29-26-23-20-17-14-11-8-5-2/h21-22,24-25,30-31,33,35-36,41,67H,4-20,23,26-29,32,34,37-40,42-66H2,1-3H3/b24-21-,25-22-,33-31-,36-35-,41-30-. The van der Waals surface area contributed by atoms with Crippen molar-refractivity contribution in [2.24, 2.45) is 0 Å². The van der Waals surface area contributed by atoms with Gasteiger partial charge in [-0.2, -0.15) is 0 Å². The lowest BCUT2D eigenvalue weighted by atomic mass is 10.0. The first kappa shape index (κ1) is 73.1. The smallest absolute Gasteiger partial charge is 0.306 e. The van der Waals surface area contributed by atoms with E-state index in [1.165, 1.54) is 212 Å². The molecule has 0 radical (unpaired) electrons. The van der Waals surface area contributed by atoms with Crippen molar-refractivity contribution in [2.45, 2.75) is 354 Å². The molecule has 0 heterocycles. The summed E-state index contributed by atoms with van der Waals surface area (Å²) < 4.78 is 17.0. The average molecular weight is 1060 g/mol. The molecule has 0 rings (SSSR count). The van der Waals surface area contributed by atoms with Crippen molar-refractivity contribution in [1.82, 2.24) is 0 Å². The van der Waals surface area contributed by atoms with E-state index in [2.05, 4.69) is 81.5 Å². The first-order valence-corrected chi connectivity index (χ1v) is 33.3. The van der Waals surface area contributed by atoms with Crippen molar-refractivity contribution < 1.29 is 28.6 Å². The topological polar surface area (TPSA) is 78.9 Å². The molecule has 0 N–H and O–H groups in total. The molecular formula is C70H126O6. The zero-order chi connectivity index (χ0) is 55.0. The number of hydrogen-bond acceptors (Lipinski definition) is 6. The number of carbonyl (C=O) groups excluding carboxylic acids is 3. The molecule has 0 aliphatic carbocycles. The van der Waals surface area contributed by atoms with Crippen LogP contribution < -0.4 is 0 Å². The summed E-state index contributed by atoms with van der Waals surface area (Å²) in [5, 5.41) is 0. The van der Waals surface area contributed by atoms with Crippen LogP contribution in [0, 0.1) is 0 Å². The molecule has 0 fully saturated rings. The Morgan fingerprint density at radius 3 is 0.750 bits per heavy atom. The Bertz CT molecular complexity index is 1360. The monoisotopic (exact) mass is 1060 g/mol. The minimum absolute atomic E-state index is 0.0797. The highest BCUT2D eigenvalue weighted by atomic mass is 16.6. The zero-order valence-corrected chi connectivity index (χ0v) is 50.8. The predicted molar refractivity (Wildman–Crippen MR) is 330 cm³/mol. The van der Waals surface area contributed by atoms with Crippen LogP contribution in [-0.2, 0) is 28.6 Å². The molecule has 0 amide bonds. The fourth-order valence-electron chi connectivity index (χ4n) is 9.72. The summed E-state index contributed by atoms with van der Waals surface area (Å²) in [7, 11) is 0. The van der Waals surface area contributed by atoms with Crippen LogP contribution in [0.5, 0.6) is 0 Å². The minimum Gasteiger partial charge on any atom is -0.462 e. The molecule has 0 aromatic heterocycles. The quantitative estimate of drug-likeness (QED) is 0.0261. The van der Waals surface area contributed by atoms with E-state index >= 15 is 0 Å². The maximum atomic E-state index is 12.9. The van der Waals surface area contributed by atoms with Crippen LogP contribution in [0.2, 0.25) is 0 Å². The van der Waals surface area contributed by atoms with Crippen molar-refractivity contribution in [2.75, 3.05) is 13.2 Å². The second-order valence-electron chi connectivity index (χ2n) is 22.4. The molecule has 0 bridgehead atoms. The van der Waals surface area contributed by atoms with E-state index in [0.29, 0.717) is 19.3 Å². The summed E-state index contributed by atoms with van der Waals surface area (Å²) in [5.41, 5.74) is 0. The molecular weight excluding hydrogens is 937 g/mol. The molecule has 76 heavy (non-hydrogen) atoms. The molecule has 0 aromatic carbocycles. The van der Waals surface area contributed by atoms with E-state index in [9.17, 15) is 14.4 Å². The molecule has 0 aromatic rings. The summed E-state index contributed by atoms with van der Waals surface area (Å²) in [6.45, 7) is 6.65. The number of esters is 3. The van der Waals surface area contributed by atoms with Gasteiger partial charge in [0.05, 0.1) is 0 Å². The van der Waals surface area contributed by atoms with Gasteiger partial charge in [0.15, 0.2) is 6.10 Å². The summed E-state index contributed by atoms with van der Waals surface area (Å²) in [6, 6.07) is 0. The molecule has 1 atom stereocenters. The summed E-state index contributed by atoms with van der Waals surface area (Å²) in [5.74, 6) is -0.879. The fourth-order valence-corrected chi connectivity index (χ4v) is 9.72. The number of hydrogen-bond donors (Lipinski definition) is 0. The van der Waals surface area contributed by atoms with Crippen LogP contribution in [-0.4, -0.2) is 37.2 Å². The van der Waals surface area contributed by atoms with E-state index < -0.39 is 6.10 Å². The lowest BCUT2D eigenvalue weighted by Crippen LogP contribution is -2.30. The molecule has 0 saturated carbocycles. The van der Waals surface area contributed by atoms with Crippen molar-refractivity contribution >= 4 is 17.9 Å². The molecule has 0 saturated heterocycles. The van der Waals surface area contributed by atoms with Gasteiger partial charge in [-0.15, -0.1) is 0 Å². The zero-order valence-electron chi connectivity index (χ0n) is 50.8. The van der Waals surface area contributed by atoms with Crippen LogP contribution in [0.15, 0.2) is 60.8 Å². The summed E-state index contributed by atoms with van der Waals surface area (Å²) in [6.07, 6.45) is 82.2. The number of unbranched alkanes of at least 4 members (excludes halogenated alkanes) is 40. The Morgan fingerprint density at radius 2 is 0.474 bits per heavy atom. The molecule has 1 unspecified atom stereocenters. The van der Waals surface area contributed by atoms with E-state index in [1.807, 2.05) is 0 Å². The Morgan fingerprint density at radius 1 is 0.263 bits per heavy atom. The second-order valence-corrected chi connectivity index (χ2v) is 22.4. The van der Waals surface area contributed by atoms with Gasteiger partial charge < -0.3 is 14.2 Å². The number of rotatable bonds is 61. The van der Waals surface area contributed by atoms with Crippen LogP contribution in [0.4, 0.5) is 0 Å². The number of carbonyl (C=O) groups is 3. The molecule has 6 nitrogen and oxygen atoms in total. The second kappa shape index (κ2) is 64.6. The third-order valence-corrected chi connectivity index (χ3v) is 14.7. The Hall–Kier alpha value is -2.89. The molecule has 442 valence electrons. The van der Waals surface area contributed by atoms with Gasteiger partial charge in [-0.3, -0.25) is 14.4 Å². The van der Waals surface area contributed by atoms with Crippen LogP contribution in [0.25, 0.3) is 0 Å². The average Bonchev–Trinajstić information content (AvgIpc) is 3.42. The van der Waals surface area contributed by atoms with Crippen LogP contribution >= 0.6 is 0 Å². The lowest BCUT2D eigenvalue weighted by molar-refractivity contribution is -0.167. The predicted octanol–water partition coefficient (Wildman–Crippen LogP) is 22.7. The van der Waals surface area contributed by atoms with Gasteiger partial charge in [0, 0.05) is 19.3 Å². The SMILES string of the molecule is CCCCCC/C=C\C/C=C\CCCCCCCC(=O)OCC(COC(=O)CCCCCCCCCC/C=C\C/C=C\C/C=C\CCCCCCC)OC(=O)CCCCCCCCCCCCCCCCCCCCC. The van der Waals surface area contributed by atoms with Crippen LogP contribution in [0.1, 0.15) is 348 Å². The van der Waals surface area contributed by atoms with Crippen molar-refractivity contribution in [3.8, 4) is 0 Å². The van der Waals surface area contributed by atoms with E-state index in [1.54, 1.807) is 0 Å². The molecule has 6 heteroatoms. The van der Waals surface area contributed by atoms with Crippen molar-refractivity contribution in [1.29, 1.82) is 0 Å². The highest BCUT2D eigenvalue weighted by molar-refractivity contribution is 5.71. The molecule has 0 spiro atoms. The third kappa shape index (κ3) is 62.0. The van der Waals surface area contributed by atoms with E-state index in [-0.39, 0.29) is 31.1 Å². The third-order valence-electron chi connectivity index (χ3n) is 14.7. The summed E-state index contributed by atoms with van der Waals surface area (Å²) in [4.78, 5) is 38.4. The van der Waals surface area contributed by atoms with Crippen molar-refractivity contribution in [3.63, 3.8) is 0 Å². The highest BCUT2D eigenvalue weighted by Crippen LogP contribution is 2.17. The maximum absolute atomic E-state index is 12.9. The molecule has 0 aliphatic rings. The Labute approximate surface area is 472 Å². The van der Waals surface area contributed by atoms with Gasteiger partial charge in [-0.1, -0.05) is 300 Å². The van der Waals surface area contributed by atoms with Gasteiger partial charge in [-0.05, 0) is 89.9 Å². The first-order valence-electron chi connectivity index (χ1n) is 33.3. The maximum Gasteiger partial charge on any atom is 0.306 e. The van der Waals surface area contributed by atoms with Crippen molar-refractivity contribution in [3.05, 3.63) is 60.8 Å². The van der Waals surface area contributed by atoms with Gasteiger partial charge in [0.25, 0.3) is 0 Å². The minimum atomic E-state index is -0.783. The van der Waals surface area contributed by atoms with Gasteiger partial charge in [-0.25, -0.2) is 0 Å². The number of allylic oxidation sites excluding steroid dienone is 10. The normalized spacial score (nSPS) is 12.4. The Kier molecular flexibility index (Phi) is 62.2. The lowest BCUT2D eigenvalue weighted by Gasteiger charge is -2.18. The van der Waals surface area contributed by atoms with E-state index in [0.717, 1.165) is 96.3 Å². The number of ether oxygens (including phenoxy) is 3. The van der Waals surface area contributed by atoms with Crippen LogP contribution in [0.3, 0.4) is 0 Å².